The minimum absolute atomic E-state index is 0.295. The van der Waals surface area contributed by atoms with Crippen LogP contribution in [0.15, 0.2) is 30.5 Å². The Morgan fingerprint density at radius 2 is 1.97 bits per heavy atom. The minimum atomic E-state index is -1.08. The second-order valence-electron chi connectivity index (χ2n) is 7.19. The van der Waals surface area contributed by atoms with E-state index < -0.39 is 42.4 Å². The molecule has 2 aromatic rings. The highest BCUT2D eigenvalue weighted by molar-refractivity contribution is 6.10. The van der Waals surface area contributed by atoms with Gasteiger partial charge in [-0.1, -0.05) is 18.2 Å². The van der Waals surface area contributed by atoms with E-state index in [2.05, 4.69) is 11.4 Å². The molecule has 0 bridgehead atoms. The number of ether oxygens (including phenoxy) is 1. The molecule has 1 aromatic heterocycles. The molecular formula is C20H20N4O5. The van der Waals surface area contributed by atoms with Gasteiger partial charge in [0.2, 0.25) is 5.78 Å². The fraction of sp³-hybridized carbons (Fsp3) is 0.350. The number of para-hydroxylation sites is 1. The summed E-state index contributed by atoms with van der Waals surface area (Å²) in [5.74, 6) is -1.80. The molecule has 3 rings (SSSR count). The number of rotatable bonds is 7. The first-order valence-electron chi connectivity index (χ1n) is 9.02. The van der Waals surface area contributed by atoms with Crippen molar-refractivity contribution in [2.75, 3.05) is 13.2 Å². The summed E-state index contributed by atoms with van der Waals surface area (Å²) in [6, 6.07) is 8.64. The van der Waals surface area contributed by atoms with E-state index in [1.165, 1.54) is 13.8 Å². The third kappa shape index (κ3) is 3.96. The Hall–Kier alpha value is -3.67. The van der Waals surface area contributed by atoms with Gasteiger partial charge < -0.3 is 14.6 Å². The zero-order valence-electron chi connectivity index (χ0n) is 16.1. The number of hydrogen-bond acceptors (Lipinski definition) is 6. The van der Waals surface area contributed by atoms with E-state index in [1.54, 1.807) is 18.3 Å². The van der Waals surface area contributed by atoms with Crippen molar-refractivity contribution in [3.8, 4) is 6.07 Å². The van der Waals surface area contributed by atoms with Gasteiger partial charge in [0.1, 0.15) is 12.1 Å². The van der Waals surface area contributed by atoms with Crippen LogP contribution in [0, 0.1) is 11.3 Å². The Balaban J connectivity index is 1.67. The number of aryl methyl sites for hydroxylation is 1. The number of ketones is 1. The average Bonchev–Trinajstić information content (AvgIpc) is 3.14. The number of amides is 3. The summed E-state index contributed by atoms with van der Waals surface area (Å²) in [4.78, 5) is 49.4. The quantitative estimate of drug-likeness (QED) is 0.431. The van der Waals surface area contributed by atoms with Gasteiger partial charge in [0.25, 0.3) is 5.91 Å². The molecule has 0 radical (unpaired) electrons. The second-order valence-corrected chi connectivity index (χ2v) is 7.19. The minimum Gasteiger partial charge on any atom is -0.456 e. The van der Waals surface area contributed by atoms with Crippen molar-refractivity contribution in [2.24, 2.45) is 0 Å². The van der Waals surface area contributed by atoms with Gasteiger partial charge in [-0.05, 0) is 19.9 Å². The number of nitrogens with zero attached hydrogens (tertiary/aromatic N) is 3. The van der Waals surface area contributed by atoms with Gasteiger partial charge in [-0.3, -0.25) is 19.3 Å². The maximum atomic E-state index is 12.6. The maximum Gasteiger partial charge on any atom is 0.326 e. The summed E-state index contributed by atoms with van der Waals surface area (Å²) < 4.78 is 6.81. The van der Waals surface area contributed by atoms with Crippen LogP contribution in [0.3, 0.4) is 0 Å². The lowest BCUT2D eigenvalue weighted by Gasteiger charge is -2.15. The van der Waals surface area contributed by atoms with Gasteiger partial charge in [-0.2, -0.15) is 5.26 Å². The zero-order chi connectivity index (χ0) is 21.2. The zero-order valence-corrected chi connectivity index (χ0v) is 16.1. The van der Waals surface area contributed by atoms with Gasteiger partial charge in [-0.15, -0.1) is 0 Å². The Morgan fingerprint density at radius 1 is 1.24 bits per heavy atom. The maximum absolute atomic E-state index is 12.6. The SMILES string of the molecule is CC1(C)NC(=O)N(CC(=O)OCC(=O)c2cn(CCC#N)c3ccccc23)C1=O. The van der Waals surface area contributed by atoms with Crippen molar-refractivity contribution in [2.45, 2.75) is 32.4 Å². The first kappa shape index (κ1) is 20.1. The Kier molecular flexibility index (Phi) is 5.37. The number of aromatic nitrogens is 1. The fourth-order valence-electron chi connectivity index (χ4n) is 3.18. The van der Waals surface area contributed by atoms with E-state index in [4.69, 9.17) is 10.00 Å². The second kappa shape index (κ2) is 7.75. The van der Waals surface area contributed by atoms with Crippen LogP contribution < -0.4 is 5.32 Å². The molecule has 9 heteroatoms. The van der Waals surface area contributed by atoms with Gasteiger partial charge in [0.05, 0.1) is 12.5 Å². The highest BCUT2D eigenvalue weighted by Crippen LogP contribution is 2.22. The third-order valence-corrected chi connectivity index (χ3v) is 4.65. The van der Waals surface area contributed by atoms with Gasteiger partial charge >= 0.3 is 12.0 Å². The van der Waals surface area contributed by atoms with Crippen molar-refractivity contribution in [3.63, 3.8) is 0 Å². The molecule has 29 heavy (non-hydrogen) atoms. The number of carbonyl (C=O) groups excluding carboxylic acids is 4. The van der Waals surface area contributed by atoms with Crippen LogP contribution in [0.4, 0.5) is 4.79 Å². The highest BCUT2D eigenvalue weighted by atomic mass is 16.5. The molecule has 3 amide bonds. The van der Waals surface area contributed by atoms with Crippen LogP contribution in [0.1, 0.15) is 30.6 Å². The van der Waals surface area contributed by atoms with Crippen LogP contribution in [-0.2, 0) is 20.9 Å². The molecule has 1 aliphatic heterocycles. The molecule has 0 saturated carbocycles. The summed E-state index contributed by atoms with van der Waals surface area (Å²) in [6.07, 6.45) is 1.93. The van der Waals surface area contributed by atoms with E-state index >= 15 is 0 Å². The highest BCUT2D eigenvalue weighted by Gasteiger charge is 2.45. The molecule has 1 aliphatic rings. The predicted octanol–water partition coefficient (Wildman–Crippen LogP) is 1.61. The molecule has 1 N–H and O–H groups in total. The van der Waals surface area contributed by atoms with Crippen LogP contribution >= 0.6 is 0 Å². The Labute approximate surface area is 166 Å². The number of esters is 1. The van der Waals surface area contributed by atoms with Crippen LogP contribution in [-0.4, -0.2) is 51.8 Å². The summed E-state index contributed by atoms with van der Waals surface area (Å²) >= 11 is 0. The number of Topliss-reactive ketones (excluding diaryl/α,β-unsaturated/α-hetero) is 1. The van der Waals surface area contributed by atoms with Crippen LogP contribution in [0.2, 0.25) is 0 Å². The van der Waals surface area contributed by atoms with E-state index in [9.17, 15) is 19.2 Å². The molecule has 0 aliphatic carbocycles. The van der Waals surface area contributed by atoms with Gasteiger partial charge in [-0.25, -0.2) is 4.79 Å². The first-order chi connectivity index (χ1) is 13.7. The van der Waals surface area contributed by atoms with E-state index in [-0.39, 0.29) is 0 Å². The van der Waals surface area contributed by atoms with Gasteiger partial charge in [0, 0.05) is 29.2 Å². The van der Waals surface area contributed by atoms with Crippen molar-refractivity contribution < 1.29 is 23.9 Å². The lowest BCUT2D eigenvalue weighted by Crippen LogP contribution is -2.41. The topological polar surface area (TPSA) is 122 Å². The van der Waals surface area contributed by atoms with Crippen molar-refractivity contribution >= 4 is 34.6 Å². The lowest BCUT2D eigenvalue weighted by atomic mass is 10.1. The lowest BCUT2D eigenvalue weighted by molar-refractivity contribution is -0.146. The number of hydrogen-bond donors (Lipinski definition) is 1. The number of fused-ring (bicyclic) bond motifs is 1. The summed E-state index contributed by atoms with van der Waals surface area (Å²) in [5, 5.41) is 12.0. The number of nitrogens with one attached hydrogen (secondary N) is 1. The standard InChI is InChI=1S/C20H20N4O5/c1-20(2)18(27)24(19(28)22-20)11-17(26)29-12-16(25)14-10-23(9-5-8-21)15-7-4-3-6-13(14)15/h3-4,6-7,10H,5,9,11-12H2,1-2H3,(H,22,28). The molecule has 2 heterocycles. The number of nitriles is 1. The van der Waals surface area contributed by atoms with Crippen LogP contribution in [0.5, 0.6) is 0 Å². The smallest absolute Gasteiger partial charge is 0.326 e. The largest absolute Gasteiger partial charge is 0.456 e. The number of carbonyl (C=O) groups is 4. The Bertz CT molecular complexity index is 1050. The summed E-state index contributed by atoms with van der Waals surface area (Å²) in [6.45, 7) is 2.42. The number of urea groups is 1. The Morgan fingerprint density at radius 3 is 2.62 bits per heavy atom. The van der Waals surface area contributed by atoms with E-state index in [0.717, 1.165) is 10.4 Å². The third-order valence-electron chi connectivity index (χ3n) is 4.65. The van der Waals surface area contributed by atoms with Crippen molar-refractivity contribution in [1.82, 2.24) is 14.8 Å². The molecule has 150 valence electrons. The van der Waals surface area contributed by atoms with Crippen molar-refractivity contribution in [1.29, 1.82) is 5.26 Å². The first-order valence-corrected chi connectivity index (χ1v) is 9.02. The molecule has 9 nitrogen and oxygen atoms in total. The molecular weight excluding hydrogens is 376 g/mol. The van der Waals surface area contributed by atoms with Crippen molar-refractivity contribution in [3.05, 3.63) is 36.0 Å². The van der Waals surface area contributed by atoms with E-state index in [1.807, 2.05) is 16.7 Å². The number of benzene rings is 1. The molecule has 0 spiro atoms. The molecule has 1 aromatic carbocycles. The number of imide groups is 1. The van der Waals surface area contributed by atoms with Crippen LogP contribution in [0.25, 0.3) is 10.9 Å². The predicted molar refractivity (Wildman–Crippen MR) is 102 cm³/mol. The molecule has 1 saturated heterocycles. The normalized spacial score (nSPS) is 15.3. The summed E-state index contributed by atoms with van der Waals surface area (Å²) in [7, 11) is 0. The summed E-state index contributed by atoms with van der Waals surface area (Å²) in [5.41, 5.74) is 0.0970. The molecule has 0 atom stereocenters. The fourth-order valence-corrected chi connectivity index (χ4v) is 3.18. The van der Waals surface area contributed by atoms with Gasteiger partial charge in [0.15, 0.2) is 6.61 Å². The molecule has 0 unspecified atom stereocenters. The monoisotopic (exact) mass is 396 g/mol. The van der Waals surface area contributed by atoms with E-state index in [0.29, 0.717) is 23.9 Å². The average molecular weight is 396 g/mol. The molecule has 1 fully saturated rings.